The van der Waals surface area contributed by atoms with E-state index in [0.717, 1.165) is 0 Å². The highest BCUT2D eigenvalue weighted by Crippen LogP contribution is 2.00. The fraction of sp³-hybridized carbons (Fsp3) is 0.273. The topological polar surface area (TPSA) is 67.5 Å². The minimum atomic E-state index is 0.0393. The van der Waals surface area contributed by atoms with Crippen molar-refractivity contribution in [1.82, 2.24) is 4.72 Å². The van der Waals surface area contributed by atoms with E-state index in [4.69, 9.17) is 5.73 Å². The minimum Gasteiger partial charge on any atom is -0.377 e. The van der Waals surface area contributed by atoms with Gasteiger partial charge >= 0.3 is 0 Å². The zero-order valence-electron chi connectivity index (χ0n) is 9.14. The normalized spacial score (nSPS) is 11.4. The Kier molecular flexibility index (Phi) is 5.60. The standard InChI is InChI=1S/C11H15N3OS/c1-2-13-11(12)16-14-8-10(15)9-6-4-3-5-7-9/h3-7,14H,2,8H2,1H3,(H2,12,13). The number of hydrogen-bond donors (Lipinski definition) is 2. The summed E-state index contributed by atoms with van der Waals surface area (Å²) in [6.07, 6.45) is 0. The highest BCUT2D eigenvalue weighted by atomic mass is 32.2. The van der Waals surface area contributed by atoms with Crippen molar-refractivity contribution in [2.45, 2.75) is 6.92 Å². The Labute approximate surface area is 99.5 Å². The Hall–Kier alpha value is -1.33. The molecule has 0 bridgehead atoms. The second-order valence-electron chi connectivity index (χ2n) is 3.02. The Bertz CT molecular complexity index is 365. The van der Waals surface area contributed by atoms with E-state index < -0.39 is 0 Å². The van der Waals surface area contributed by atoms with E-state index in [1.54, 1.807) is 12.1 Å². The summed E-state index contributed by atoms with van der Waals surface area (Å²) in [5, 5.41) is 0.448. The third-order valence-corrected chi connectivity index (χ3v) is 2.45. The van der Waals surface area contributed by atoms with Gasteiger partial charge in [0.1, 0.15) is 0 Å². The number of carbonyl (C=O) groups excluding carboxylic acids is 1. The van der Waals surface area contributed by atoms with Gasteiger partial charge in [-0.3, -0.25) is 9.79 Å². The van der Waals surface area contributed by atoms with Crippen LogP contribution in [0.2, 0.25) is 0 Å². The summed E-state index contributed by atoms with van der Waals surface area (Å²) in [6, 6.07) is 9.14. The number of Topliss-reactive ketones (excluding diaryl/α,β-unsaturated/α-hetero) is 1. The quantitative estimate of drug-likeness (QED) is 0.352. The lowest BCUT2D eigenvalue weighted by atomic mass is 10.1. The molecule has 5 heteroatoms. The average Bonchev–Trinajstić information content (AvgIpc) is 2.30. The van der Waals surface area contributed by atoms with E-state index in [2.05, 4.69) is 9.71 Å². The number of nitrogens with zero attached hydrogens (tertiary/aromatic N) is 1. The Morgan fingerprint density at radius 1 is 1.44 bits per heavy atom. The van der Waals surface area contributed by atoms with Crippen LogP contribution in [0.1, 0.15) is 17.3 Å². The summed E-state index contributed by atoms with van der Waals surface area (Å²) in [5.41, 5.74) is 6.24. The van der Waals surface area contributed by atoms with Crippen LogP contribution in [-0.2, 0) is 0 Å². The number of hydrogen-bond acceptors (Lipinski definition) is 4. The van der Waals surface area contributed by atoms with Crippen LogP contribution in [0, 0.1) is 0 Å². The number of ketones is 1. The smallest absolute Gasteiger partial charge is 0.177 e. The van der Waals surface area contributed by atoms with Gasteiger partial charge in [-0.25, -0.2) is 4.72 Å². The zero-order chi connectivity index (χ0) is 11.8. The molecule has 1 aromatic rings. The molecule has 0 atom stereocenters. The molecule has 0 aliphatic heterocycles. The SMILES string of the molecule is CCN=C(N)SNCC(=O)c1ccccc1. The third kappa shape index (κ3) is 4.46. The van der Waals surface area contributed by atoms with Crippen LogP contribution in [0.25, 0.3) is 0 Å². The van der Waals surface area contributed by atoms with Crippen LogP contribution in [-0.4, -0.2) is 24.0 Å². The highest BCUT2D eigenvalue weighted by Gasteiger charge is 2.04. The van der Waals surface area contributed by atoms with Crippen molar-refractivity contribution in [2.24, 2.45) is 10.7 Å². The van der Waals surface area contributed by atoms with Crippen molar-refractivity contribution < 1.29 is 4.79 Å². The Balaban J connectivity index is 2.34. The van der Waals surface area contributed by atoms with Gasteiger partial charge in [-0.2, -0.15) is 0 Å². The maximum Gasteiger partial charge on any atom is 0.177 e. The maximum atomic E-state index is 11.6. The van der Waals surface area contributed by atoms with Gasteiger partial charge in [0.15, 0.2) is 11.0 Å². The van der Waals surface area contributed by atoms with Crippen molar-refractivity contribution in [3.05, 3.63) is 35.9 Å². The fourth-order valence-corrected chi connectivity index (χ4v) is 1.63. The molecule has 3 N–H and O–H groups in total. The van der Waals surface area contributed by atoms with E-state index in [-0.39, 0.29) is 12.3 Å². The number of nitrogens with two attached hydrogens (primary N) is 1. The van der Waals surface area contributed by atoms with Crippen molar-refractivity contribution >= 4 is 22.9 Å². The molecular formula is C11H15N3OS. The second-order valence-corrected chi connectivity index (χ2v) is 3.94. The van der Waals surface area contributed by atoms with E-state index in [1.165, 1.54) is 11.9 Å². The predicted molar refractivity (Wildman–Crippen MR) is 68.5 cm³/mol. The highest BCUT2D eigenvalue weighted by molar-refractivity contribution is 8.12. The molecule has 0 aromatic heterocycles. The predicted octanol–water partition coefficient (Wildman–Crippen LogP) is 1.44. The summed E-state index contributed by atoms with van der Waals surface area (Å²) >= 11 is 1.18. The summed E-state index contributed by atoms with van der Waals surface area (Å²) in [7, 11) is 0. The number of benzene rings is 1. The van der Waals surface area contributed by atoms with Gasteiger partial charge in [-0.05, 0) is 18.9 Å². The molecule has 1 aromatic carbocycles. The molecule has 0 radical (unpaired) electrons. The maximum absolute atomic E-state index is 11.6. The van der Waals surface area contributed by atoms with Crippen LogP contribution in [0.4, 0.5) is 0 Å². The van der Waals surface area contributed by atoms with Crippen LogP contribution < -0.4 is 10.5 Å². The Morgan fingerprint density at radius 2 is 2.12 bits per heavy atom. The van der Waals surface area contributed by atoms with E-state index >= 15 is 0 Å². The van der Waals surface area contributed by atoms with Gasteiger partial charge in [0.2, 0.25) is 0 Å². The minimum absolute atomic E-state index is 0.0393. The Morgan fingerprint density at radius 3 is 2.75 bits per heavy atom. The number of aliphatic imine (C=N–C) groups is 1. The molecule has 0 aliphatic rings. The first kappa shape index (κ1) is 12.7. The number of rotatable bonds is 5. The lowest BCUT2D eigenvalue weighted by Crippen LogP contribution is -2.21. The molecule has 1 rings (SSSR count). The lowest BCUT2D eigenvalue weighted by Gasteiger charge is -2.02. The summed E-state index contributed by atoms with van der Waals surface area (Å²) in [6.45, 7) is 2.80. The molecule has 0 aliphatic carbocycles. The molecule has 16 heavy (non-hydrogen) atoms. The molecule has 0 fully saturated rings. The van der Waals surface area contributed by atoms with Crippen LogP contribution in [0.3, 0.4) is 0 Å². The second kappa shape index (κ2) is 7.03. The van der Waals surface area contributed by atoms with Crippen molar-refractivity contribution in [3.8, 4) is 0 Å². The van der Waals surface area contributed by atoms with E-state index in [0.29, 0.717) is 17.3 Å². The van der Waals surface area contributed by atoms with Gasteiger partial charge in [0, 0.05) is 12.1 Å². The molecule has 86 valence electrons. The molecule has 0 saturated heterocycles. The number of amidine groups is 1. The largest absolute Gasteiger partial charge is 0.377 e. The van der Waals surface area contributed by atoms with Crippen LogP contribution in [0.5, 0.6) is 0 Å². The van der Waals surface area contributed by atoms with Crippen molar-refractivity contribution in [2.75, 3.05) is 13.1 Å². The third-order valence-electron chi connectivity index (χ3n) is 1.82. The van der Waals surface area contributed by atoms with Gasteiger partial charge in [-0.15, -0.1) is 0 Å². The summed E-state index contributed by atoms with van der Waals surface area (Å²) < 4.78 is 2.88. The molecule has 4 nitrogen and oxygen atoms in total. The number of carbonyl (C=O) groups is 1. The van der Waals surface area contributed by atoms with Crippen molar-refractivity contribution in [3.63, 3.8) is 0 Å². The molecule has 0 saturated carbocycles. The first-order valence-electron chi connectivity index (χ1n) is 5.02. The molecule has 0 spiro atoms. The van der Waals surface area contributed by atoms with Gasteiger partial charge in [-0.1, -0.05) is 30.3 Å². The van der Waals surface area contributed by atoms with Gasteiger partial charge in [0.05, 0.1) is 6.54 Å². The monoisotopic (exact) mass is 237 g/mol. The average molecular weight is 237 g/mol. The lowest BCUT2D eigenvalue weighted by molar-refractivity contribution is 0.0998. The van der Waals surface area contributed by atoms with E-state index in [1.807, 2.05) is 25.1 Å². The molecule has 0 amide bonds. The van der Waals surface area contributed by atoms with E-state index in [9.17, 15) is 4.79 Å². The summed E-state index contributed by atoms with van der Waals surface area (Å²) in [4.78, 5) is 15.6. The first-order chi connectivity index (χ1) is 7.74. The number of nitrogens with one attached hydrogen (secondary N) is 1. The van der Waals surface area contributed by atoms with Gasteiger partial charge < -0.3 is 5.73 Å². The van der Waals surface area contributed by atoms with Gasteiger partial charge in [0.25, 0.3) is 0 Å². The zero-order valence-corrected chi connectivity index (χ0v) is 9.96. The molecule has 0 unspecified atom stereocenters. The fourth-order valence-electron chi connectivity index (χ4n) is 1.09. The summed E-state index contributed by atoms with van der Waals surface area (Å²) in [5.74, 6) is 0.0393. The van der Waals surface area contributed by atoms with Crippen molar-refractivity contribution in [1.29, 1.82) is 0 Å². The molecular weight excluding hydrogens is 222 g/mol. The molecule has 0 heterocycles. The van der Waals surface area contributed by atoms with Crippen LogP contribution >= 0.6 is 11.9 Å². The first-order valence-corrected chi connectivity index (χ1v) is 5.83. The van der Waals surface area contributed by atoms with Crippen LogP contribution in [0.15, 0.2) is 35.3 Å².